The average Bonchev–Trinajstić information content (AvgIpc) is 2.57. The SMILES string of the molecule is NC(C=O)CCCn1c[c]nc1. The Balaban J connectivity index is 2.15. The largest absolute Gasteiger partial charge is 0.337 e. The number of carbonyl (C=O) groups excluding carboxylic acids is 1. The summed E-state index contributed by atoms with van der Waals surface area (Å²) in [4.78, 5) is 13.9. The number of carbonyl (C=O) groups is 1. The molecule has 1 aromatic heterocycles. The Morgan fingerprint density at radius 1 is 1.75 bits per heavy atom. The van der Waals surface area contributed by atoms with Crippen LogP contribution in [0.15, 0.2) is 12.5 Å². The van der Waals surface area contributed by atoms with Crippen molar-refractivity contribution >= 4 is 6.29 Å². The number of aldehydes is 1. The summed E-state index contributed by atoms with van der Waals surface area (Å²) in [6.45, 7) is 0.845. The van der Waals surface area contributed by atoms with E-state index in [1.54, 1.807) is 12.5 Å². The summed E-state index contributed by atoms with van der Waals surface area (Å²) in [5, 5.41) is 0. The number of nitrogens with two attached hydrogens (primary N) is 1. The first-order valence-corrected chi connectivity index (χ1v) is 3.91. The Labute approximate surface area is 71.4 Å². The molecule has 0 bridgehead atoms. The highest BCUT2D eigenvalue weighted by Crippen LogP contribution is 1.96. The van der Waals surface area contributed by atoms with Crippen molar-refractivity contribution in [1.29, 1.82) is 0 Å². The smallest absolute Gasteiger partial charge is 0.136 e. The molecule has 1 atom stereocenters. The Morgan fingerprint density at radius 2 is 2.58 bits per heavy atom. The van der Waals surface area contributed by atoms with Crippen LogP contribution >= 0.6 is 0 Å². The van der Waals surface area contributed by atoms with E-state index in [2.05, 4.69) is 11.2 Å². The van der Waals surface area contributed by atoms with Crippen molar-refractivity contribution in [2.45, 2.75) is 25.4 Å². The van der Waals surface area contributed by atoms with E-state index >= 15 is 0 Å². The zero-order valence-corrected chi connectivity index (χ0v) is 6.81. The van der Waals surface area contributed by atoms with E-state index in [1.807, 2.05) is 4.57 Å². The molecular weight excluding hydrogens is 154 g/mol. The highest BCUT2D eigenvalue weighted by Gasteiger charge is 1.98. The summed E-state index contributed by atoms with van der Waals surface area (Å²) in [6.07, 6.45) is 8.56. The molecule has 1 radical (unpaired) electrons. The normalized spacial score (nSPS) is 12.8. The lowest BCUT2D eigenvalue weighted by molar-refractivity contribution is -0.109. The van der Waals surface area contributed by atoms with Gasteiger partial charge in [-0.2, -0.15) is 0 Å². The molecule has 1 rings (SSSR count). The Bertz CT molecular complexity index is 220. The minimum atomic E-state index is -0.322. The predicted octanol–water partition coefficient (Wildman–Crippen LogP) is -0.0103. The second-order valence-electron chi connectivity index (χ2n) is 2.68. The van der Waals surface area contributed by atoms with Crippen molar-refractivity contribution in [3.63, 3.8) is 0 Å². The fraction of sp³-hybridized carbons (Fsp3) is 0.500. The molecule has 0 saturated heterocycles. The molecule has 0 fully saturated rings. The number of aryl methyl sites for hydroxylation is 1. The molecule has 12 heavy (non-hydrogen) atoms. The summed E-state index contributed by atoms with van der Waals surface area (Å²) in [6, 6.07) is -0.322. The van der Waals surface area contributed by atoms with Crippen molar-refractivity contribution < 1.29 is 4.79 Å². The van der Waals surface area contributed by atoms with Gasteiger partial charge in [0.2, 0.25) is 0 Å². The highest BCUT2D eigenvalue weighted by atomic mass is 16.1. The van der Waals surface area contributed by atoms with Crippen molar-refractivity contribution in [3.05, 3.63) is 18.7 Å². The van der Waals surface area contributed by atoms with Gasteiger partial charge in [-0.05, 0) is 12.8 Å². The Hall–Kier alpha value is -1.16. The number of hydrogen-bond donors (Lipinski definition) is 1. The number of imidazole rings is 1. The maximum absolute atomic E-state index is 10.1. The van der Waals surface area contributed by atoms with Crippen molar-refractivity contribution in [3.8, 4) is 0 Å². The fourth-order valence-corrected chi connectivity index (χ4v) is 0.948. The van der Waals surface area contributed by atoms with E-state index in [-0.39, 0.29) is 6.04 Å². The van der Waals surface area contributed by atoms with Crippen molar-refractivity contribution in [2.75, 3.05) is 0 Å². The lowest BCUT2D eigenvalue weighted by atomic mass is 10.2. The molecule has 1 heterocycles. The lowest BCUT2D eigenvalue weighted by Gasteiger charge is -2.03. The van der Waals surface area contributed by atoms with Gasteiger partial charge >= 0.3 is 0 Å². The van der Waals surface area contributed by atoms with Crippen LogP contribution in [-0.2, 0) is 11.3 Å². The number of aromatic nitrogens is 2. The van der Waals surface area contributed by atoms with Crippen LogP contribution < -0.4 is 5.73 Å². The maximum atomic E-state index is 10.1. The van der Waals surface area contributed by atoms with Crippen LogP contribution in [0.2, 0.25) is 0 Å². The van der Waals surface area contributed by atoms with Gasteiger partial charge in [-0.15, -0.1) is 0 Å². The van der Waals surface area contributed by atoms with Crippen LogP contribution in [0.3, 0.4) is 0 Å². The predicted molar refractivity (Wildman–Crippen MR) is 44.3 cm³/mol. The first kappa shape index (κ1) is 8.93. The van der Waals surface area contributed by atoms with Gasteiger partial charge in [0.25, 0.3) is 0 Å². The van der Waals surface area contributed by atoms with E-state index in [0.717, 1.165) is 25.7 Å². The van der Waals surface area contributed by atoms with E-state index < -0.39 is 0 Å². The van der Waals surface area contributed by atoms with Gasteiger partial charge in [-0.25, -0.2) is 4.98 Å². The number of nitrogens with zero attached hydrogens (tertiary/aromatic N) is 2. The standard InChI is InChI=1S/C8H12N3O/c9-8(6-12)2-1-4-11-5-3-10-7-11/h5-8H,1-2,4,9H2. The molecule has 0 aliphatic heterocycles. The molecule has 0 saturated carbocycles. The average molecular weight is 166 g/mol. The van der Waals surface area contributed by atoms with E-state index in [4.69, 9.17) is 5.73 Å². The summed E-state index contributed by atoms with van der Waals surface area (Å²) in [7, 11) is 0. The van der Waals surface area contributed by atoms with Gasteiger partial charge < -0.3 is 15.1 Å². The molecule has 0 aliphatic carbocycles. The van der Waals surface area contributed by atoms with Crippen LogP contribution in [0.5, 0.6) is 0 Å². The van der Waals surface area contributed by atoms with E-state index in [9.17, 15) is 4.79 Å². The van der Waals surface area contributed by atoms with E-state index in [0.29, 0.717) is 0 Å². The molecule has 0 aromatic carbocycles. The zero-order valence-electron chi connectivity index (χ0n) is 6.81. The molecule has 65 valence electrons. The highest BCUT2D eigenvalue weighted by molar-refractivity contribution is 5.56. The summed E-state index contributed by atoms with van der Waals surface area (Å²) in [5.74, 6) is 0. The summed E-state index contributed by atoms with van der Waals surface area (Å²) in [5.41, 5.74) is 5.41. The Kier molecular flexibility index (Phi) is 3.47. The molecule has 2 N–H and O–H groups in total. The second kappa shape index (κ2) is 4.66. The first-order chi connectivity index (χ1) is 5.83. The molecule has 1 aromatic rings. The third-order valence-corrected chi connectivity index (χ3v) is 1.63. The Morgan fingerprint density at radius 3 is 3.17 bits per heavy atom. The van der Waals surface area contributed by atoms with Crippen molar-refractivity contribution in [1.82, 2.24) is 9.55 Å². The van der Waals surface area contributed by atoms with Crippen LogP contribution in [0.25, 0.3) is 0 Å². The maximum Gasteiger partial charge on any atom is 0.136 e. The van der Waals surface area contributed by atoms with Crippen LogP contribution in [0.1, 0.15) is 12.8 Å². The van der Waals surface area contributed by atoms with Gasteiger partial charge in [0, 0.05) is 12.7 Å². The van der Waals surface area contributed by atoms with Gasteiger partial charge in [0.1, 0.15) is 12.5 Å². The van der Waals surface area contributed by atoms with Gasteiger partial charge in [0.15, 0.2) is 0 Å². The number of hydrogen-bond acceptors (Lipinski definition) is 3. The fourth-order valence-electron chi connectivity index (χ4n) is 0.948. The summed E-state index contributed by atoms with van der Waals surface area (Å²) >= 11 is 0. The van der Waals surface area contributed by atoms with Crippen LogP contribution in [0.4, 0.5) is 0 Å². The minimum absolute atomic E-state index is 0.322. The second-order valence-corrected chi connectivity index (χ2v) is 2.68. The van der Waals surface area contributed by atoms with Gasteiger partial charge in [0.05, 0.1) is 12.4 Å². The van der Waals surface area contributed by atoms with Crippen LogP contribution in [0, 0.1) is 6.20 Å². The zero-order chi connectivity index (χ0) is 8.81. The first-order valence-electron chi connectivity index (χ1n) is 3.91. The minimum Gasteiger partial charge on any atom is -0.337 e. The van der Waals surface area contributed by atoms with E-state index in [1.165, 1.54) is 0 Å². The molecule has 0 amide bonds. The lowest BCUT2D eigenvalue weighted by Crippen LogP contribution is -2.21. The third kappa shape index (κ3) is 2.84. The van der Waals surface area contributed by atoms with Crippen molar-refractivity contribution in [2.24, 2.45) is 5.73 Å². The molecule has 4 heteroatoms. The monoisotopic (exact) mass is 166 g/mol. The molecule has 0 aliphatic rings. The van der Waals surface area contributed by atoms with Gasteiger partial charge in [-0.3, -0.25) is 0 Å². The van der Waals surface area contributed by atoms with Crippen LogP contribution in [-0.4, -0.2) is 21.9 Å². The third-order valence-electron chi connectivity index (χ3n) is 1.63. The molecule has 4 nitrogen and oxygen atoms in total. The molecule has 1 unspecified atom stereocenters. The quantitative estimate of drug-likeness (QED) is 0.626. The summed E-state index contributed by atoms with van der Waals surface area (Å²) < 4.78 is 1.91. The molecular formula is C8H12N3O. The molecule has 0 spiro atoms. The van der Waals surface area contributed by atoms with Gasteiger partial charge in [-0.1, -0.05) is 0 Å². The number of rotatable bonds is 5. The topological polar surface area (TPSA) is 60.9 Å².